The standard InChI is InChI=1S/C19H21N3O4S/c1-14(10-11-15-6-3-2-4-7-15)20-18(23)12-13-27(24,25)17-9-5-8-16-19(17)22-26-21-16/h2-9,14H,10-13H2,1H3,(H,20,23). The van der Waals surface area contributed by atoms with Gasteiger partial charge in [-0.15, -0.1) is 0 Å². The Labute approximate surface area is 157 Å². The molecule has 1 heterocycles. The lowest BCUT2D eigenvalue weighted by Crippen LogP contribution is -2.34. The number of amides is 1. The predicted octanol–water partition coefficient (Wildman–Crippen LogP) is 2.52. The van der Waals surface area contributed by atoms with E-state index in [4.69, 9.17) is 0 Å². The summed E-state index contributed by atoms with van der Waals surface area (Å²) < 4.78 is 29.7. The van der Waals surface area contributed by atoms with Crippen molar-refractivity contribution in [3.63, 3.8) is 0 Å². The largest absolute Gasteiger partial charge is 0.354 e. The first kappa shape index (κ1) is 19.0. The van der Waals surface area contributed by atoms with Crippen LogP contribution in [0.5, 0.6) is 0 Å². The van der Waals surface area contributed by atoms with E-state index < -0.39 is 9.84 Å². The van der Waals surface area contributed by atoms with Gasteiger partial charge in [0.2, 0.25) is 5.91 Å². The van der Waals surface area contributed by atoms with E-state index in [9.17, 15) is 13.2 Å². The highest BCUT2D eigenvalue weighted by atomic mass is 32.2. The van der Waals surface area contributed by atoms with E-state index in [-0.39, 0.29) is 34.5 Å². The molecule has 1 unspecified atom stereocenters. The van der Waals surface area contributed by atoms with E-state index in [2.05, 4.69) is 20.3 Å². The van der Waals surface area contributed by atoms with Crippen LogP contribution in [0.2, 0.25) is 0 Å². The zero-order valence-electron chi connectivity index (χ0n) is 15.0. The van der Waals surface area contributed by atoms with Gasteiger partial charge in [0.25, 0.3) is 0 Å². The van der Waals surface area contributed by atoms with E-state index in [1.807, 2.05) is 37.3 Å². The minimum absolute atomic E-state index is 0.0335. The summed E-state index contributed by atoms with van der Waals surface area (Å²) in [6.45, 7) is 1.91. The molecule has 0 aliphatic heterocycles. The zero-order valence-corrected chi connectivity index (χ0v) is 15.8. The maximum atomic E-state index is 12.6. The van der Waals surface area contributed by atoms with Gasteiger partial charge >= 0.3 is 0 Å². The molecule has 1 aromatic heterocycles. The van der Waals surface area contributed by atoms with Gasteiger partial charge in [-0.2, -0.15) is 0 Å². The molecule has 3 aromatic rings. The molecule has 0 radical (unpaired) electrons. The molecule has 0 spiro atoms. The maximum Gasteiger partial charge on any atom is 0.221 e. The highest BCUT2D eigenvalue weighted by Gasteiger charge is 2.22. The van der Waals surface area contributed by atoms with Crippen LogP contribution in [-0.2, 0) is 21.1 Å². The number of aromatic nitrogens is 2. The van der Waals surface area contributed by atoms with E-state index in [0.717, 1.165) is 12.8 Å². The van der Waals surface area contributed by atoms with Crippen LogP contribution < -0.4 is 5.32 Å². The number of aryl methyl sites for hydroxylation is 1. The Morgan fingerprint density at radius 3 is 2.67 bits per heavy atom. The number of hydrogen-bond acceptors (Lipinski definition) is 6. The molecule has 0 bridgehead atoms. The third kappa shape index (κ3) is 4.91. The Kier molecular flexibility index (Phi) is 5.85. The predicted molar refractivity (Wildman–Crippen MR) is 101 cm³/mol. The molecule has 1 N–H and O–H groups in total. The van der Waals surface area contributed by atoms with Crippen molar-refractivity contribution in [2.24, 2.45) is 0 Å². The number of benzene rings is 2. The Bertz CT molecular complexity index is 1020. The summed E-state index contributed by atoms with van der Waals surface area (Å²) in [4.78, 5) is 12.2. The third-order valence-corrected chi connectivity index (χ3v) is 6.04. The second kappa shape index (κ2) is 8.30. The van der Waals surface area contributed by atoms with Crippen molar-refractivity contribution in [1.82, 2.24) is 15.6 Å². The molecule has 142 valence electrons. The molecule has 0 aliphatic rings. The van der Waals surface area contributed by atoms with Crippen molar-refractivity contribution in [3.05, 3.63) is 54.1 Å². The Morgan fingerprint density at radius 1 is 1.11 bits per heavy atom. The second-order valence-corrected chi connectivity index (χ2v) is 8.53. The lowest BCUT2D eigenvalue weighted by Gasteiger charge is -2.14. The summed E-state index contributed by atoms with van der Waals surface area (Å²) in [6.07, 6.45) is 1.52. The van der Waals surface area contributed by atoms with Gasteiger partial charge in [-0.1, -0.05) is 36.4 Å². The van der Waals surface area contributed by atoms with Crippen LogP contribution in [-0.4, -0.2) is 36.4 Å². The van der Waals surface area contributed by atoms with Crippen LogP contribution >= 0.6 is 0 Å². The van der Waals surface area contributed by atoms with Crippen molar-refractivity contribution in [1.29, 1.82) is 0 Å². The van der Waals surface area contributed by atoms with E-state index in [0.29, 0.717) is 5.52 Å². The molecule has 8 heteroatoms. The van der Waals surface area contributed by atoms with Crippen molar-refractivity contribution in [3.8, 4) is 0 Å². The molecule has 0 saturated carbocycles. The molecule has 3 rings (SSSR count). The monoisotopic (exact) mass is 387 g/mol. The minimum Gasteiger partial charge on any atom is -0.354 e. The molecular formula is C19H21N3O4S. The first-order chi connectivity index (χ1) is 13.0. The highest BCUT2D eigenvalue weighted by molar-refractivity contribution is 7.91. The summed E-state index contributed by atoms with van der Waals surface area (Å²) in [7, 11) is -3.67. The first-order valence-corrected chi connectivity index (χ1v) is 10.4. The Morgan fingerprint density at radius 2 is 1.89 bits per heavy atom. The average Bonchev–Trinajstić information content (AvgIpc) is 3.14. The van der Waals surface area contributed by atoms with Gasteiger partial charge in [-0.3, -0.25) is 4.79 Å². The van der Waals surface area contributed by atoms with Crippen LogP contribution in [0.3, 0.4) is 0 Å². The van der Waals surface area contributed by atoms with Gasteiger partial charge in [-0.25, -0.2) is 13.0 Å². The molecule has 1 amide bonds. The van der Waals surface area contributed by atoms with Crippen molar-refractivity contribution in [2.45, 2.75) is 37.1 Å². The fourth-order valence-electron chi connectivity index (χ4n) is 2.82. The topological polar surface area (TPSA) is 102 Å². The molecule has 0 saturated heterocycles. The zero-order chi connectivity index (χ0) is 19.3. The average molecular weight is 387 g/mol. The van der Waals surface area contributed by atoms with Gasteiger partial charge in [0, 0.05) is 12.5 Å². The summed E-state index contributed by atoms with van der Waals surface area (Å²) in [5.41, 5.74) is 1.76. The lowest BCUT2D eigenvalue weighted by molar-refractivity contribution is -0.121. The number of fused-ring (bicyclic) bond motifs is 1. The van der Waals surface area contributed by atoms with Crippen molar-refractivity contribution in [2.75, 3.05) is 5.75 Å². The van der Waals surface area contributed by atoms with Gasteiger partial charge in [0.05, 0.1) is 10.6 Å². The molecule has 0 aliphatic carbocycles. The maximum absolute atomic E-state index is 12.6. The number of nitrogens with zero attached hydrogens (tertiary/aromatic N) is 2. The summed E-state index contributed by atoms with van der Waals surface area (Å²) in [5, 5.41) is 10.1. The fourth-order valence-corrected chi connectivity index (χ4v) is 4.21. The van der Waals surface area contributed by atoms with E-state index >= 15 is 0 Å². The van der Waals surface area contributed by atoms with Crippen LogP contribution in [0, 0.1) is 0 Å². The fraction of sp³-hybridized carbons (Fsp3) is 0.316. The highest BCUT2D eigenvalue weighted by Crippen LogP contribution is 2.21. The quantitative estimate of drug-likeness (QED) is 0.637. The van der Waals surface area contributed by atoms with Crippen molar-refractivity contribution >= 4 is 26.8 Å². The van der Waals surface area contributed by atoms with Crippen LogP contribution in [0.1, 0.15) is 25.3 Å². The Balaban J connectivity index is 1.53. The molecule has 1 atom stereocenters. The number of sulfone groups is 1. The summed E-state index contributed by atoms with van der Waals surface area (Å²) in [5.74, 6) is -0.583. The van der Waals surface area contributed by atoms with Crippen molar-refractivity contribution < 1.29 is 17.8 Å². The number of rotatable bonds is 8. The van der Waals surface area contributed by atoms with Crippen LogP contribution in [0.4, 0.5) is 0 Å². The van der Waals surface area contributed by atoms with Gasteiger partial charge in [0.1, 0.15) is 5.52 Å². The smallest absolute Gasteiger partial charge is 0.221 e. The molecule has 2 aromatic carbocycles. The van der Waals surface area contributed by atoms with Gasteiger partial charge in [-0.05, 0) is 47.8 Å². The van der Waals surface area contributed by atoms with Crippen LogP contribution in [0.15, 0.2) is 58.1 Å². The first-order valence-electron chi connectivity index (χ1n) is 8.73. The Hall–Kier alpha value is -2.74. The van der Waals surface area contributed by atoms with E-state index in [1.54, 1.807) is 12.1 Å². The minimum atomic E-state index is -3.67. The number of hydrogen-bond donors (Lipinski definition) is 1. The molecule has 0 fully saturated rings. The van der Waals surface area contributed by atoms with Gasteiger partial charge in [0.15, 0.2) is 15.4 Å². The molecule has 7 nitrogen and oxygen atoms in total. The summed E-state index contributed by atoms with van der Waals surface area (Å²) >= 11 is 0. The second-order valence-electron chi connectivity index (χ2n) is 6.45. The summed E-state index contributed by atoms with van der Waals surface area (Å²) in [6, 6.07) is 14.6. The third-order valence-electron chi connectivity index (χ3n) is 4.30. The number of carbonyl (C=O) groups excluding carboxylic acids is 1. The van der Waals surface area contributed by atoms with Crippen LogP contribution in [0.25, 0.3) is 11.0 Å². The number of nitrogens with one attached hydrogen (secondary N) is 1. The van der Waals surface area contributed by atoms with Gasteiger partial charge < -0.3 is 5.32 Å². The molecule has 27 heavy (non-hydrogen) atoms. The van der Waals surface area contributed by atoms with E-state index in [1.165, 1.54) is 11.6 Å². The molecular weight excluding hydrogens is 366 g/mol. The number of carbonyl (C=O) groups is 1. The SMILES string of the molecule is CC(CCc1ccccc1)NC(=O)CCS(=O)(=O)c1cccc2nonc12. The lowest BCUT2D eigenvalue weighted by atomic mass is 10.1. The normalized spacial score (nSPS) is 12.8.